The van der Waals surface area contributed by atoms with Gasteiger partial charge in [-0.3, -0.25) is 9.59 Å². The highest BCUT2D eigenvalue weighted by molar-refractivity contribution is 8.00. The van der Waals surface area contributed by atoms with Gasteiger partial charge in [0.05, 0.1) is 0 Å². The molecule has 0 spiro atoms. The Bertz CT molecular complexity index is 282. The van der Waals surface area contributed by atoms with E-state index in [1.807, 2.05) is 0 Å². The van der Waals surface area contributed by atoms with Crippen molar-refractivity contribution in [2.24, 2.45) is 5.73 Å². The van der Waals surface area contributed by atoms with Crippen molar-refractivity contribution in [2.75, 3.05) is 5.75 Å². The normalized spacial score (nSPS) is 28.1. The summed E-state index contributed by atoms with van der Waals surface area (Å²) in [5.41, 5.74) is 4.91. The van der Waals surface area contributed by atoms with Gasteiger partial charge in [-0.1, -0.05) is 0 Å². The molecule has 86 valence electrons. The monoisotopic (exact) mass is 242 g/mol. The van der Waals surface area contributed by atoms with Gasteiger partial charge in [-0.25, -0.2) is 0 Å². The molecule has 0 bridgehead atoms. The number of nitrogens with two attached hydrogens (primary N) is 1. The number of carbonyl (C=O) groups is 2. The number of amides is 2. The third-order valence-corrected chi connectivity index (χ3v) is 3.24. The van der Waals surface area contributed by atoms with Gasteiger partial charge < -0.3 is 11.1 Å². The maximum absolute atomic E-state index is 12.3. The summed E-state index contributed by atoms with van der Waals surface area (Å²) in [6.07, 6.45) is -5.10. The lowest BCUT2D eigenvalue weighted by Gasteiger charge is -2.15. The highest BCUT2D eigenvalue weighted by Gasteiger charge is 2.43. The van der Waals surface area contributed by atoms with E-state index >= 15 is 0 Å². The summed E-state index contributed by atoms with van der Waals surface area (Å²) in [5, 5.41) is 0.384. The van der Waals surface area contributed by atoms with Gasteiger partial charge in [-0.2, -0.15) is 13.2 Å². The third kappa shape index (κ3) is 3.29. The second-order valence-corrected chi connectivity index (χ2v) is 4.33. The molecule has 0 radical (unpaired) electrons. The Hall–Kier alpha value is -0.920. The van der Waals surface area contributed by atoms with Crippen molar-refractivity contribution in [3.63, 3.8) is 0 Å². The summed E-state index contributed by atoms with van der Waals surface area (Å²) in [6, 6.07) is -1.02. The van der Waals surface area contributed by atoms with E-state index < -0.39 is 35.7 Å². The Morgan fingerprint density at radius 3 is 2.60 bits per heavy atom. The van der Waals surface area contributed by atoms with Gasteiger partial charge in [-0.05, 0) is 0 Å². The fourth-order valence-corrected chi connectivity index (χ4v) is 2.23. The van der Waals surface area contributed by atoms with Crippen LogP contribution in [0.5, 0.6) is 0 Å². The number of rotatable bonds is 1. The van der Waals surface area contributed by atoms with Crippen LogP contribution < -0.4 is 11.1 Å². The number of alkyl halides is 3. The van der Waals surface area contributed by atoms with E-state index in [0.29, 0.717) is 11.8 Å². The fraction of sp³-hybridized carbons (Fsp3) is 0.714. The Balaban J connectivity index is 2.71. The Kier molecular flexibility index (Phi) is 3.48. The first kappa shape index (κ1) is 12.2. The number of halogens is 3. The maximum atomic E-state index is 12.3. The molecular weight excluding hydrogens is 233 g/mol. The molecule has 0 aromatic rings. The molecule has 3 N–H and O–H groups in total. The predicted molar refractivity (Wildman–Crippen MR) is 48.0 cm³/mol. The molecular formula is C7H9F3N2O2S. The molecule has 1 heterocycles. The molecule has 15 heavy (non-hydrogen) atoms. The Labute approximate surface area is 87.8 Å². The number of thioether (sulfide) groups is 1. The molecule has 1 fully saturated rings. The van der Waals surface area contributed by atoms with Crippen molar-refractivity contribution in [1.82, 2.24) is 5.32 Å². The lowest BCUT2D eigenvalue weighted by Crippen LogP contribution is -2.44. The third-order valence-electron chi connectivity index (χ3n) is 1.88. The molecule has 0 aliphatic carbocycles. The smallest absolute Gasteiger partial charge is 0.368 e. The summed E-state index contributed by atoms with van der Waals surface area (Å²) >= 11 is 0.522. The highest BCUT2D eigenvalue weighted by Crippen LogP contribution is 2.34. The van der Waals surface area contributed by atoms with E-state index in [-0.39, 0.29) is 5.75 Å². The van der Waals surface area contributed by atoms with E-state index in [4.69, 9.17) is 5.73 Å². The van der Waals surface area contributed by atoms with Gasteiger partial charge in [0.25, 0.3) is 0 Å². The van der Waals surface area contributed by atoms with Crippen LogP contribution in [0.3, 0.4) is 0 Å². The lowest BCUT2D eigenvalue weighted by molar-refractivity contribution is -0.140. The first-order valence-corrected chi connectivity index (χ1v) is 5.12. The second kappa shape index (κ2) is 4.30. The molecule has 0 aromatic heterocycles. The summed E-state index contributed by atoms with van der Waals surface area (Å²) in [5.74, 6) is -1.77. The zero-order valence-electron chi connectivity index (χ0n) is 7.50. The van der Waals surface area contributed by atoms with Crippen molar-refractivity contribution in [2.45, 2.75) is 23.9 Å². The fourth-order valence-electron chi connectivity index (χ4n) is 1.10. The highest BCUT2D eigenvalue weighted by atomic mass is 32.2. The molecule has 0 aromatic carbocycles. The van der Waals surface area contributed by atoms with E-state index in [9.17, 15) is 22.8 Å². The summed E-state index contributed by atoms with van der Waals surface area (Å²) in [7, 11) is 0. The van der Waals surface area contributed by atoms with Crippen LogP contribution in [0.1, 0.15) is 6.42 Å². The van der Waals surface area contributed by atoms with Crippen LogP contribution in [0.4, 0.5) is 13.2 Å². The van der Waals surface area contributed by atoms with E-state index in [1.54, 1.807) is 0 Å². The standard InChI is InChI=1S/C7H9F3N2O2S/c8-7(9,10)4-1-5(13)12-3(2-15-4)6(11)14/h3-4H,1-2H2,(H2,11,14)(H,12,13)/t3-,4-/m1/s1. The summed E-state index contributed by atoms with van der Waals surface area (Å²) in [6.45, 7) is 0. The number of primary amides is 1. The van der Waals surface area contributed by atoms with Gasteiger partial charge in [0.1, 0.15) is 11.3 Å². The van der Waals surface area contributed by atoms with Crippen LogP contribution in [-0.2, 0) is 9.59 Å². The molecule has 8 heteroatoms. The minimum Gasteiger partial charge on any atom is -0.368 e. The zero-order chi connectivity index (χ0) is 11.6. The van der Waals surface area contributed by atoms with Crippen LogP contribution in [-0.4, -0.2) is 35.0 Å². The van der Waals surface area contributed by atoms with Crippen LogP contribution in [0.2, 0.25) is 0 Å². The number of hydrogen-bond donors (Lipinski definition) is 2. The molecule has 1 rings (SSSR count). The van der Waals surface area contributed by atoms with Crippen molar-refractivity contribution in [3.05, 3.63) is 0 Å². The van der Waals surface area contributed by atoms with Crippen molar-refractivity contribution < 1.29 is 22.8 Å². The number of carbonyl (C=O) groups excluding carboxylic acids is 2. The maximum Gasteiger partial charge on any atom is 0.401 e. The minimum atomic E-state index is -4.44. The second-order valence-electron chi connectivity index (χ2n) is 3.09. The molecule has 1 saturated heterocycles. The molecule has 0 saturated carbocycles. The SMILES string of the molecule is NC(=O)[C@H]1CS[C@@H](C(F)(F)F)CC(=O)N1. The molecule has 1 aliphatic heterocycles. The first-order valence-electron chi connectivity index (χ1n) is 4.07. The molecule has 1 aliphatic rings. The van der Waals surface area contributed by atoms with Crippen molar-refractivity contribution in [1.29, 1.82) is 0 Å². The lowest BCUT2D eigenvalue weighted by atomic mass is 10.2. The molecule has 0 unspecified atom stereocenters. The van der Waals surface area contributed by atoms with Crippen LogP contribution >= 0.6 is 11.8 Å². The number of nitrogens with one attached hydrogen (secondary N) is 1. The van der Waals surface area contributed by atoms with Crippen molar-refractivity contribution >= 4 is 23.6 Å². The van der Waals surface area contributed by atoms with Crippen LogP contribution in [0.15, 0.2) is 0 Å². The Morgan fingerprint density at radius 1 is 1.53 bits per heavy atom. The van der Waals surface area contributed by atoms with Gasteiger partial charge >= 0.3 is 6.18 Å². The first-order chi connectivity index (χ1) is 6.80. The largest absolute Gasteiger partial charge is 0.401 e. The van der Waals surface area contributed by atoms with E-state index in [1.165, 1.54) is 0 Å². The van der Waals surface area contributed by atoms with Gasteiger partial charge in [0.15, 0.2) is 0 Å². The quantitative estimate of drug-likeness (QED) is 0.681. The molecule has 2 atom stereocenters. The molecule has 4 nitrogen and oxygen atoms in total. The van der Waals surface area contributed by atoms with Crippen molar-refractivity contribution in [3.8, 4) is 0 Å². The van der Waals surface area contributed by atoms with E-state index in [0.717, 1.165) is 0 Å². The van der Waals surface area contributed by atoms with Gasteiger partial charge in [0.2, 0.25) is 11.8 Å². The topological polar surface area (TPSA) is 72.2 Å². The van der Waals surface area contributed by atoms with Crippen LogP contribution in [0, 0.1) is 0 Å². The van der Waals surface area contributed by atoms with E-state index in [2.05, 4.69) is 5.32 Å². The van der Waals surface area contributed by atoms with Gasteiger partial charge in [-0.15, -0.1) is 11.8 Å². The average Bonchev–Trinajstić information content (AvgIpc) is 2.25. The zero-order valence-corrected chi connectivity index (χ0v) is 8.32. The van der Waals surface area contributed by atoms with Gasteiger partial charge in [0, 0.05) is 12.2 Å². The minimum absolute atomic E-state index is 0.148. The predicted octanol–water partition coefficient (Wildman–Crippen LogP) is 0.0243. The molecule has 2 amide bonds. The number of hydrogen-bond acceptors (Lipinski definition) is 3. The Morgan fingerprint density at radius 2 is 2.13 bits per heavy atom. The van der Waals surface area contributed by atoms with Crippen LogP contribution in [0.25, 0.3) is 0 Å². The summed E-state index contributed by atoms with van der Waals surface area (Å²) < 4.78 is 36.9. The average molecular weight is 242 g/mol. The summed E-state index contributed by atoms with van der Waals surface area (Å²) in [4.78, 5) is 21.7.